The van der Waals surface area contributed by atoms with E-state index in [1.807, 2.05) is 0 Å². The Hall–Kier alpha value is 0. The smallest absolute Gasteiger partial charge is 0.0386 e. The predicted molar refractivity (Wildman–Crippen MR) is 113 cm³/mol. The summed E-state index contributed by atoms with van der Waals surface area (Å²) < 4.78 is 0. The predicted octanol–water partition coefficient (Wildman–Crippen LogP) is 9.32. The van der Waals surface area contributed by atoms with E-state index in [-0.39, 0.29) is 0 Å². The molecule has 2 unspecified atom stereocenters. The first-order chi connectivity index (χ1) is 11.8. The van der Waals surface area contributed by atoms with Crippen LogP contribution in [0.15, 0.2) is 0 Å². The van der Waals surface area contributed by atoms with Gasteiger partial charge in [-0.1, -0.05) is 143 Å². The zero-order chi connectivity index (χ0) is 17.9. The van der Waals surface area contributed by atoms with Crippen molar-refractivity contribution in [1.29, 1.82) is 0 Å². The number of rotatable bonds is 19. The van der Waals surface area contributed by atoms with E-state index in [1.54, 1.807) is 0 Å². The quantitative estimate of drug-likeness (QED) is 0.206. The third kappa shape index (κ3) is 14.4. The molecule has 2 atom stereocenters. The molecule has 0 saturated heterocycles. The summed E-state index contributed by atoms with van der Waals surface area (Å²) in [6.45, 7) is 9.37. The minimum absolute atomic E-state index is 1.03. The Labute approximate surface area is 155 Å². The fourth-order valence-electron chi connectivity index (χ4n) is 4.20. The lowest BCUT2D eigenvalue weighted by molar-refractivity contribution is 0.238. The molecule has 146 valence electrons. The summed E-state index contributed by atoms with van der Waals surface area (Å²) in [7, 11) is 0. The summed E-state index contributed by atoms with van der Waals surface area (Å²) in [5.74, 6) is 2.07. The monoisotopic (exact) mass is 338 g/mol. The van der Waals surface area contributed by atoms with Gasteiger partial charge in [-0.2, -0.15) is 0 Å². The van der Waals surface area contributed by atoms with Crippen molar-refractivity contribution in [3.63, 3.8) is 0 Å². The first kappa shape index (κ1) is 24.0. The molecule has 0 heteroatoms. The zero-order valence-corrected chi connectivity index (χ0v) is 17.9. The molecule has 0 N–H and O–H groups in total. The van der Waals surface area contributed by atoms with E-state index in [9.17, 15) is 0 Å². The molecule has 0 amide bonds. The van der Waals surface area contributed by atoms with Crippen LogP contribution < -0.4 is 0 Å². The van der Waals surface area contributed by atoms with Gasteiger partial charge in [0.15, 0.2) is 0 Å². The second-order valence-corrected chi connectivity index (χ2v) is 8.21. The Morgan fingerprint density at radius 2 is 0.625 bits per heavy atom. The van der Waals surface area contributed by atoms with Crippen LogP contribution in [0.25, 0.3) is 0 Å². The van der Waals surface area contributed by atoms with Crippen molar-refractivity contribution in [2.45, 2.75) is 143 Å². The Kier molecular flexibility index (Phi) is 19.3. The molecule has 24 heavy (non-hydrogen) atoms. The fraction of sp³-hybridized carbons (Fsp3) is 1.00. The van der Waals surface area contributed by atoms with Crippen LogP contribution in [0.5, 0.6) is 0 Å². The van der Waals surface area contributed by atoms with Gasteiger partial charge in [0, 0.05) is 0 Å². The summed E-state index contributed by atoms with van der Waals surface area (Å²) in [5.41, 5.74) is 0. The van der Waals surface area contributed by atoms with Gasteiger partial charge in [-0.25, -0.2) is 0 Å². The lowest BCUT2D eigenvalue weighted by Gasteiger charge is -2.28. The third-order valence-corrected chi connectivity index (χ3v) is 5.88. The first-order valence-electron chi connectivity index (χ1n) is 11.8. The van der Waals surface area contributed by atoms with Gasteiger partial charge in [0.05, 0.1) is 0 Å². The minimum atomic E-state index is 1.03. The van der Waals surface area contributed by atoms with Gasteiger partial charge < -0.3 is 0 Å². The SMILES string of the molecule is CCCCCCCC(CCCC)C(CCCCC)CCCCCC. The lowest BCUT2D eigenvalue weighted by atomic mass is 9.78. The van der Waals surface area contributed by atoms with Gasteiger partial charge in [0.1, 0.15) is 0 Å². The summed E-state index contributed by atoms with van der Waals surface area (Å²) in [6.07, 6.45) is 26.2. The molecule has 0 heterocycles. The first-order valence-corrected chi connectivity index (χ1v) is 11.8. The summed E-state index contributed by atoms with van der Waals surface area (Å²) >= 11 is 0. The Morgan fingerprint density at radius 3 is 1.08 bits per heavy atom. The molecular formula is C24H50. The normalized spacial score (nSPS) is 14.0. The second kappa shape index (κ2) is 19.3. The van der Waals surface area contributed by atoms with E-state index in [0.717, 1.165) is 11.8 Å². The van der Waals surface area contributed by atoms with E-state index < -0.39 is 0 Å². The van der Waals surface area contributed by atoms with Crippen molar-refractivity contribution >= 4 is 0 Å². The van der Waals surface area contributed by atoms with Crippen molar-refractivity contribution in [3.05, 3.63) is 0 Å². The summed E-state index contributed by atoms with van der Waals surface area (Å²) in [6, 6.07) is 0. The molecule has 0 saturated carbocycles. The molecular weight excluding hydrogens is 288 g/mol. The molecule has 0 rings (SSSR count). The molecule has 0 aromatic heterocycles. The van der Waals surface area contributed by atoms with E-state index in [2.05, 4.69) is 27.7 Å². The van der Waals surface area contributed by atoms with Gasteiger partial charge in [-0.15, -0.1) is 0 Å². The minimum Gasteiger partial charge on any atom is -0.0654 e. The highest BCUT2D eigenvalue weighted by atomic mass is 14.3. The zero-order valence-electron chi connectivity index (χ0n) is 17.9. The van der Waals surface area contributed by atoms with Crippen LogP contribution in [0.4, 0.5) is 0 Å². The van der Waals surface area contributed by atoms with Crippen LogP contribution in [0.2, 0.25) is 0 Å². The molecule has 0 nitrogen and oxygen atoms in total. The van der Waals surface area contributed by atoms with E-state index in [0.29, 0.717) is 0 Å². The Morgan fingerprint density at radius 1 is 0.333 bits per heavy atom. The van der Waals surface area contributed by atoms with E-state index >= 15 is 0 Å². The molecule has 0 aliphatic rings. The van der Waals surface area contributed by atoms with Crippen molar-refractivity contribution in [3.8, 4) is 0 Å². The average molecular weight is 339 g/mol. The third-order valence-electron chi connectivity index (χ3n) is 5.88. The molecule has 0 radical (unpaired) electrons. The molecule has 0 aromatic rings. The maximum absolute atomic E-state index is 2.37. The molecule has 0 spiro atoms. The van der Waals surface area contributed by atoms with Crippen LogP contribution in [0.3, 0.4) is 0 Å². The van der Waals surface area contributed by atoms with Crippen LogP contribution in [-0.4, -0.2) is 0 Å². The second-order valence-electron chi connectivity index (χ2n) is 8.21. The van der Waals surface area contributed by atoms with Gasteiger partial charge >= 0.3 is 0 Å². The maximum Gasteiger partial charge on any atom is -0.0386 e. The standard InChI is InChI=1S/C24H50/c1-5-9-13-15-18-22-23(19-12-8-4)24(20-16-11-7-3)21-17-14-10-6-2/h23-24H,5-22H2,1-4H3. The average Bonchev–Trinajstić information content (AvgIpc) is 2.60. The summed E-state index contributed by atoms with van der Waals surface area (Å²) in [4.78, 5) is 0. The van der Waals surface area contributed by atoms with Crippen molar-refractivity contribution < 1.29 is 0 Å². The van der Waals surface area contributed by atoms with E-state index in [1.165, 1.54) is 116 Å². The molecule has 0 bridgehead atoms. The summed E-state index contributed by atoms with van der Waals surface area (Å²) in [5, 5.41) is 0. The highest BCUT2D eigenvalue weighted by Crippen LogP contribution is 2.33. The van der Waals surface area contributed by atoms with Gasteiger partial charge in [0.2, 0.25) is 0 Å². The van der Waals surface area contributed by atoms with Gasteiger partial charge in [0.25, 0.3) is 0 Å². The Balaban J connectivity index is 4.38. The number of unbranched alkanes of at least 4 members (excludes halogenated alkanes) is 10. The topological polar surface area (TPSA) is 0 Å². The van der Waals surface area contributed by atoms with Crippen LogP contribution in [-0.2, 0) is 0 Å². The van der Waals surface area contributed by atoms with Crippen molar-refractivity contribution in [2.75, 3.05) is 0 Å². The molecule has 0 fully saturated rings. The largest absolute Gasteiger partial charge is 0.0654 e. The number of hydrogen-bond acceptors (Lipinski definition) is 0. The van der Waals surface area contributed by atoms with Gasteiger partial charge in [-0.05, 0) is 11.8 Å². The molecule has 0 aliphatic carbocycles. The van der Waals surface area contributed by atoms with Crippen LogP contribution in [0.1, 0.15) is 143 Å². The maximum atomic E-state index is 2.37. The van der Waals surface area contributed by atoms with Crippen molar-refractivity contribution in [2.24, 2.45) is 11.8 Å². The fourth-order valence-corrected chi connectivity index (χ4v) is 4.20. The highest BCUT2D eigenvalue weighted by molar-refractivity contribution is 4.72. The molecule has 0 aromatic carbocycles. The number of hydrogen-bond donors (Lipinski definition) is 0. The highest BCUT2D eigenvalue weighted by Gasteiger charge is 2.20. The Bertz CT molecular complexity index is 220. The van der Waals surface area contributed by atoms with Crippen LogP contribution >= 0.6 is 0 Å². The lowest BCUT2D eigenvalue weighted by Crippen LogP contribution is -2.16. The van der Waals surface area contributed by atoms with Gasteiger partial charge in [-0.3, -0.25) is 0 Å². The van der Waals surface area contributed by atoms with Crippen LogP contribution in [0, 0.1) is 11.8 Å². The van der Waals surface area contributed by atoms with Crippen molar-refractivity contribution in [1.82, 2.24) is 0 Å². The molecule has 0 aliphatic heterocycles. The van der Waals surface area contributed by atoms with E-state index in [4.69, 9.17) is 0 Å².